The van der Waals surface area contributed by atoms with E-state index in [0.717, 1.165) is 22.1 Å². The zero-order valence-corrected chi connectivity index (χ0v) is 15.7. The maximum absolute atomic E-state index is 13.1. The van der Waals surface area contributed by atoms with E-state index in [1.165, 1.54) is 12.1 Å². The second-order valence-corrected chi connectivity index (χ2v) is 6.35. The maximum Gasteiger partial charge on any atom is 0.147 e. The molecule has 3 aromatic rings. The largest absolute Gasteiger partial charge is 0.505 e. The highest BCUT2D eigenvalue weighted by Gasteiger charge is 2.20. The van der Waals surface area contributed by atoms with Crippen molar-refractivity contribution in [1.29, 1.82) is 0 Å². The van der Waals surface area contributed by atoms with E-state index < -0.39 is 0 Å². The fourth-order valence-electron chi connectivity index (χ4n) is 3.29. The Kier molecular flexibility index (Phi) is 5.88. The monoisotopic (exact) mass is 370 g/mol. The highest BCUT2D eigenvalue weighted by Crippen LogP contribution is 2.40. The summed E-state index contributed by atoms with van der Waals surface area (Å²) in [5.41, 5.74) is 3.90. The summed E-state index contributed by atoms with van der Waals surface area (Å²) in [6.45, 7) is 0.779. The minimum atomic E-state index is -0.260. The third-order valence-corrected chi connectivity index (χ3v) is 4.51. The summed E-state index contributed by atoms with van der Waals surface area (Å²) in [6.07, 6.45) is 2.33. The summed E-state index contributed by atoms with van der Waals surface area (Å²) in [5, 5.41) is 14.6. The van der Waals surface area contributed by atoms with Crippen LogP contribution in [-0.2, 0) is 24.3 Å². The first-order chi connectivity index (χ1) is 13.1. The molecule has 0 spiro atoms. The lowest BCUT2D eigenvalue weighted by Crippen LogP contribution is -2.11. The Balaban J connectivity index is 2.13. The highest BCUT2D eigenvalue weighted by molar-refractivity contribution is 5.93. The van der Waals surface area contributed by atoms with Crippen molar-refractivity contribution in [3.63, 3.8) is 0 Å². The predicted octanol–water partition coefficient (Wildman–Crippen LogP) is 3.54. The summed E-state index contributed by atoms with van der Waals surface area (Å²) in [5.74, 6) is 0.508. The first kappa shape index (κ1) is 19.1. The van der Waals surface area contributed by atoms with Gasteiger partial charge in [0.25, 0.3) is 0 Å². The second kappa shape index (κ2) is 8.33. The summed E-state index contributed by atoms with van der Waals surface area (Å²) < 4.78 is 24.1. The number of phenols is 1. The van der Waals surface area contributed by atoms with E-state index in [2.05, 4.69) is 10.3 Å². The van der Waals surface area contributed by atoms with Gasteiger partial charge in [-0.1, -0.05) is 12.1 Å². The lowest BCUT2D eigenvalue weighted by molar-refractivity contribution is 0.181. The third-order valence-electron chi connectivity index (χ3n) is 4.51. The van der Waals surface area contributed by atoms with E-state index in [-0.39, 0.29) is 18.2 Å². The smallest absolute Gasteiger partial charge is 0.147 e. The number of halogens is 1. The molecule has 0 saturated heterocycles. The van der Waals surface area contributed by atoms with Gasteiger partial charge in [0.15, 0.2) is 0 Å². The number of pyridine rings is 1. The molecule has 1 heterocycles. The van der Waals surface area contributed by atoms with Gasteiger partial charge in [-0.3, -0.25) is 4.98 Å². The number of nitrogens with zero attached hydrogens (tertiary/aromatic N) is 1. The van der Waals surface area contributed by atoms with Gasteiger partial charge in [-0.05, 0) is 42.8 Å². The molecule has 0 aliphatic carbocycles. The maximum atomic E-state index is 13.1. The van der Waals surface area contributed by atoms with Crippen molar-refractivity contribution in [2.75, 3.05) is 21.3 Å². The topological polar surface area (TPSA) is 63.6 Å². The molecule has 27 heavy (non-hydrogen) atoms. The Hall–Kier alpha value is -2.70. The molecule has 6 heteroatoms. The van der Waals surface area contributed by atoms with Crippen molar-refractivity contribution in [3.8, 4) is 11.5 Å². The second-order valence-electron chi connectivity index (χ2n) is 6.35. The Morgan fingerprint density at radius 2 is 1.85 bits per heavy atom. The molecule has 3 rings (SSSR count). The van der Waals surface area contributed by atoms with E-state index in [1.54, 1.807) is 32.5 Å². The minimum Gasteiger partial charge on any atom is -0.505 e. The molecule has 0 aliphatic heterocycles. The number of rotatable bonds is 7. The van der Waals surface area contributed by atoms with Crippen molar-refractivity contribution >= 4 is 10.9 Å². The summed E-state index contributed by atoms with van der Waals surface area (Å²) >= 11 is 0. The fraction of sp³-hybridized carbons (Fsp3) is 0.286. The van der Waals surface area contributed by atoms with Crippen LogP contribution in [0.2, 0.25) is 0 Å². The third kappa shape index (κ3) is 3.86. The number of aromatic nitrogens is 1. The van der Waals surface area contributed by atoms with E-state index in [1.807, 2.05) is 13.1 Å². The first-order valence-electron chi connectivity index (χ1n) is 8.66. The van der Waals surface area contributed by atoms with E-state index in [9.17, 15) is 9.50 Å². The number of hydrogen-bond acceptors (Lipinski definition) is 5. The van der Waals surface area contributed by atoms with Gasteiger partial charge in [0.2, 0.25) is 0 Å². The normalized spacial score (nSPS) is 11.1. The number of aromatic hydroxyl groups is 1. The average molecular weight is 370 g/mol. The van der Waals surface area contributed by atoms with Crippen LogP contribution in [0.1, 0.15) is 22.3 Å². The minimum absolute atomic E-state index is 0.103. The molecule has 2 N–H and O–H groups in total. The van der Waals surface area contributed by atoms with Gasteiger partial charge < -0.3 is 19.9 Å². The van der Waals surface area contributed by atoms with Crippen LogP contribution in [0.5, 0.6) is 11.5 Å². The lowest BCUT2D eigenvalue weighted by Gasteiger charge is -2.18. The molecule has 0 aliphatic rings. The van der Waals surface area contributed by atoms with Gasteiger partial charge >= 0.3 is 0 Å². The molecule has 0 amide bonds. The first-order valence-corrected chi connectivity index (χ1v) is 8.66. The molecule has 0 bridgehead atoms. The standard InChI is InChI=1S/C21H23FN2O3/c1-23-11-17-18(12-26-2)20(25)19-16(21(17)27-3)9-14(10-24-19)8-13-4-6-15(22)7-5-13/h4-7,9-10,23,25H,8,11-12H2,1-3H3. The number of hydrogen-bond donors (Lipinski definition) is 2. The lowest BCUT2D eigenvalue weighted by atomic mass is 9.98. The van der Waals surface area contributed by atoms with Crippen LogP contribution in [0.15, 0.2) is 36.5 Å². The summed E-state index contributed by atoms with van der Waals surface area (Å²) in [7, 11) is 5.02. The zero-order chi connectivity index (χ0) is 19.4. The summed E-state index contributed by atoms with van der Waals surface area (Å²) in [6, 6.07) is 8.35. The van der Waals surface area contributed by atoms with Crippen LogP contribution in [-0.4, -0.2) is 31.4 Å². The molecule has 1 aromatic heterocycles. The number of nitrogens with one attached hydrogen (secondary N) is 1. The number of phenolic OH excluding ortho intramolecular Hbond substituents is 1. The van der Waals surface area contributed by atoms with Gasteiger partial charge in [-0.25, -0.2) is 4.39 Å². The fourth-order valence-corrected chi connectivity index (χ4v) is 3.29. The van der Waals surface area contributed by atoms with Gasteiger partial charge in [-0.15, -0.1) is 0 Å². The number of methoxy groups -OCH3 is 2. The zero-order valence-electron chi connectivity index (χ0n) is 15.7. The van der Waals surface area contributed by atoms with Crippen molar-refractivity contribution in [3.05, 3.63) is 64.6 Å². The van der Waals surface area contributed by atoms with Crippen molar-refractivity contribution in [1.82, 2.24) is 10.3 Å². The van der Waals surface area contributed by atoms with Gasteiger partial charge in [0, 0.05) is 36.4 Å². The van der Waals surface area contributed by atoms with Gasteiger partial charge in [0.1, 0.15) is 22.8 Å². The Morgan fingerprint density at radius 1 is 1.11 bits per heavy atom. The van der Waals surface area contributed by atoms with Crippen molar-refractivity contribution < 1.29 is 19.0 Å². The van der Waals surface area contributed by atoms with E-state index in [0.29, 0.717) is 29.8 Å². The SMILES string of the molecule is CNCc1c(COC)c(O)c2ncc(Cc3ccc(F)cc3)cc2c1OC. The molecule has 2 aromatic carbocycles. The van der Waals surface area contributed by atoms with Crippen LogP contribution < -0.4 is 10.1 Å². The van der Waals surface area contributed by atoms with E-state index >= 15 is 0 Å². The van der Waals surface area contributed by atoms with Crippen molar-refractivity contribution in [2.45, 2.75) is 19.6 Å². The Bertz CT molecular complexity index is 943. The molecule has 0 fully saturated rings. The number of benzene rings is 2. The molecule has 0 radical (unpaired) electrons. The molecule has 5 nitrogen and oxygen atoms in total. The van der Waals surface area contributed by atoms with Gasteiger partial charge in [0.05, 0.1) is 13.7 Å². The van der Waals surface area contributed by atoms with Crippen LogP contribution >= 0.6 is 0 Å². The number of ether oxygens (including phenoxy) is 2. The number of fused-ring (bicyclic) bond motifs is 1. The average Bonchev–Trinajstić information content (AvgIpc) is 2.67. The molecule has 0 saturated carbocycles. The Labute approximate surface area is 157 Å². The van der Waals surface area contributed by atoms with Crippen LogP contribution in [0, 0.1) is 5.82 Å². The highest BCUT2D eigenvalue weighted by atomic mass is 19.1. The Morgan fingerprint density at radius 3 is 2.48 bits per heavy atom. The van der Waals surface area contributed by atoms with E-state index in [4.69, 9.17) is 9.47 Å². The molecule has 0 unspecified atom stereocenters. The van der Waals surface area contributed by atoms with Gasteiger partial charge in [-0.2, -0.15) is 0 Å². The molecular weight excluding hydrogens is 347 g/mol. The molecular formula is C21H23FN2O3. The van der Waals surface area contributed by atoms with Crippen molar-refractivity contribution in [2.24, 2.45) is 0 Å². The molecule has 0 atom stereocenters. The molecule has 142 valence electrons. The quantitative estimate of drug-likeness (QED) is 0.666. The summed E-state index contributed by atoms with van der Waals surface area (Å²) in [4.78, 5) is 4.47. The van der Waals surface area contributed by atoms with Crippen LogP contribution in [0.4, 0.5) is 4.39 Å². The van der Waals surface area contributed by atoms with Crippen LogP contribution in [0.25, 0.3) is 10.9 Å². The predicted molar refractivity (Wildman–Crippen MR) is 103 cm³/mol. The van der Waals surface area contributed by atoms with Crippen LogP contribution in [0.3, 0.4) is 0 Å².